The summed E-state index contributed by atoms with van der Waals surface area (Å²) in [5.41, 5.74) is 1.97. The van der Waals surface area contributed by atoms with Crippen LogP contribution in [0.4, 0.5) is 0 Å². The molecule has 0 saturated carbocycles. The monoisotopic (exact) mass is 429 g/mol. The van der Waals surface area contributed by atoms with Crippen molar-refractivity contribution in [3.8, 4) is 0 Å². The van der Waals surface area contributed by atoms with Crippen LogP contribution in [0.1, 0.15) is 35.3 Å². The summed E-state index contributed by atoms with van der Waals surface area (Å²) in [4.78, 5) is 14.8. The third kappa shape index (κ3) is 6.14. The van der Waals surface area contributed by atoms with E-state index >= 15 is 0 Å². The minimum atomic E-state index is -3.35. The van der Waals surface area contributed by atoms with E-state index in [1.54, 1.807) is 28.6 Å². The van der Waals surface area contributed by atoms with Crippen LogP contribution < -0.4 is 5.32 Å². The summed E-state index contributed by atoms with van der Waals surface area (Å²) in [6.07, 6.45) is 0.723. The number of hydrogen-bond acceptors (Lipinski definition) is 4. The van der Waals surface area contributed by atoms with Crippen LogP contribution in [0.5, 0.6) is 0 Å². The van der Waals surface area contributed by atoms with Crippen LogP contribution in [0.3, 0.4) is 0 Å². The van der Waals surface area contributed by atoms with E-state index in [0.29, 0.717) is 24.2 Å². The smallest absolute Gasteiger partial charge is 0.251 e. The molecule has 162 valence electrons. The number of nitrogens with one attached hydrogen (secondary N) is 1. The molecule has 0 bridgehead atoms. The molecule has 2 aromatic rings. The summed E-state index contributed by atoms with van der Waals surface area (Å²) in [5.74, 6) is -0.206. The van der Waals surface area contributed by atoms with Crippen molar-refractivity contribution in [2.45, 2.75) is 31.6 Å². The van der Waals surface area contributed by atoms with Gasteiger partial charge in [-0.2, -0.15) is 4.31 Å². The van der Waals surface area contributed by atoms with Gasteiger partial charge >= 0.3 is 0 Å². The Morgan fingerprint density at radius 2 is 1.53 bits per heavy atom. The van der Waals surface area contributed by atoms with E-state index in [-0.39, 0.29) is 11.7 Å². The number of benzene rings is 2. The van der Waals surface area contributed by atoms with Crippen LogP contribution >= 0.6 is 0 Å². The van der Waals surface area contributed by atoms with Crippen molar-refractivity contribution in [1.29, 1.82) is 0 Å². The molecule has 0 unspecified atom stereocenters. The number of likely N-dealkylation sites (N-methyl/N-ethyl adjacent to an activating group) is 1. The number of carbonyl (C=O) groups is 1. The van der Waals surface area contributed by atoms with E-state index in [2.05, 4.69) is 10.2 Å². The summed E-state index contributed by atoms with van der Waals surface area (Å²) < 4.78 is 26.9. The Labute approximate surface area is 179 Å². The number of piperazine rings is 1. The molecular formula is C23H31N3O3S. The molecule has 0 spiro atoms. The van der Waals surface area contributed by atoms with Gasteiger partial charge in [-0.3, -0.25) is 4.79 Å². The Morgan fingerprint density at radius 3 is 2.13 bits per heavy atom. The summed E-state index contributed by atoms with van der Waals surface area (Å²) >= 11 is 0. The third-order valence-electron chi connectivity index (χ3n) is 5.36. The van der Waals surface area contributed by atoms with Crippen LogP contribution in [0.2, 0.25) is 0 Å². The number of sulfonamides is 1. The van der Waals surface area contributed by atoms with E-state index in [9.17, 15) is 13.2 Å². The maximum absolute atomic E-state index is 12.7. The van der Waals surface area contributed by atoms with Crippen molar-refractivity contribution in [3.63, 3.8) is 0 Å². The molecule has 1 fully saturated rings. The second-order valence-electron chi connectivity index (χ2n) is 8.66. The maximum atomic E-state index is 12.7. The van der Waals surface area contributed by atoms with Gasteiger partial charge in [0, 0.05) is 37.3 Å². The number of rotatable bonds is 7. The zero-order valence-corrected chi connectivity index (χ0v) is 18.8. The minimum Gasteiger partial charge on any atom is -0.347 e. The summed E-state index contributed by atoms with van der Waals surface area (Å²) in [6, 6.07) is 16.9. The summed E-state index contributed by atoms with van der Waals surface area (Å²) in [5, 5.41) is 3.07. The Balaban J connectivity index is 1.60. The number of nitrogens with zero attached hydrogens (tertiary/aromatic N) is 2. The van der Waals surface area contributed by atoms with Gasteiger partial charge in [0.1, 0.15) is 0 Å². The highest BCUT2D eigenvalue weighted by atomic mass is 32.2. The minimum absolute atomic E-state index is 0.0435. The first-order valence-corrected chi connectivity index (χ1v) is 11.9. The van der Waals surface area contributed by atoms with Crippen LogP contribution in [-0.4, -0.2) is 62.3 Å². The van der Waals surface area contributed by atoms with Gasteiger partial charge < -0.3 is 10.2 Å². The first-order chi connectivity index (χ1) is 14.1. The molecule has 1 heterocycles. The lowest BCUT2D eigenvalue weighted by Gasteiger charge is -2.31. The van der Waals surface area contributed by atoms with Crippen molar-refractivity contribution in [2.75, 3.05) is 33.2 Å². The molecule has 7 heteroatoms. The van der Waals surface area contributed by atoms with Gasteiger partial charge in [-0.05, 0) is 50.6 Å². The molecule has 1 aliphatic heterocycles. The van der Waals surface area contributed by atoms with E-state index < -0.39 is 15.6 Å². The Kier molecular flexibility index (Phi) is 6.95. The fourth-order valence-corrected chi connectivity index (χ4v) is 5.17. The standard InChI is InChI=1S/C23H31N3O3S/c1-23(2,17-19-7-5-4-6-8-19)24-22(27)21-11-9-20(10-12-21)18-30(28,29)26-15-13-25(3)14-16-26/h4-12H,13-18H2,1-3H3,(H,24,27). The van der Waals surface area contributed by atoms with Crippen molar-refractivity contribution < 1.29 is 13.2 Å². The van der Waals surface area contributed by atoms with Crippen molar-refractivity contribution in [2.24, 2.45) is 0 Å². The zero-order valence-electron chi connectivity index (χ0n) is 18.0. The van der Waals surface area contributed by atoms with E-state index in [0.717, 1.165) is 25.1 Å². The molecule has 1 amide bonds. The van der Waals surface area contributed by atoms with E-state index in [4.69, 9.17) is 0 Å². The topological polar surface area (TPSA) is 69.7 Å². The normalized spacial score (nSPS) is 16.4. The highest BCUT2D eigenvalue weighted by molar-refractivity contribution is 7.88. The largest absolute Gasteiger partial charge is 0.347 e. The van der Waals surface area contributed by atoms with E-state index in [1.165, 1.54) is 0 Å². The third-order valence-corrected chi connectivity index (χ3v) is 7.21. The number of carbonyl (C=O) groups excluding carboxylic acids is 1. The van der Waals surface area contributed by atoms with Crippen molar-refractivity contribution in [1.82, 2.24) is 14.5 Å². The predicted molar refractivity (Wildman–Crippen MR) is 120 cm³/mol. The fourth-order valence-electron chi connectivity index (χ4n) is 3.65. The molecule has 30 heavy (non-hydrogen) atoms. The van der Waals surface area contributed by atoms with Gasteiger partial charge in [-0.1, -0.05) is 42.5 Å². The lowest BCUT2D eigenvalue weighted by atomic mass is 9.94. The average Bonchev–Trinajstić information content (AvgIpc) is 2.68. The summed E-state index contributed by atoms with van der Waals surface area (Å²) in [7, 11) is -1.36. The molecule has 1 N–H and O–H groups in total. The molecule has 1 aliphatic rings. The molecule has 1 saturated heterocycles. The van der Waals surface area contributed by atoms with Crippen LogP contribution in [-0.2, 0) is 22.2 Å². The lowest BCUT2D eigenvalue weighted by molar-refractivity contribution is 0.0913. The molecule has 0 radical (unpaired) electrons. The van der Waals surface area contributed by atoms with Crippen LogP contribution in [0, 0.1) is 0 Å². The van der Waals surface area contributed by atoms with Crippen molar-refractivity contribution >= 4 is 15.9 Å². The second-order valence-corrected chi connectivity index (χ2v) is 10.6. The van der Waals surface area contributed by atoms with Gasteiger partial charge in [0.2, 0.25) is 10.0 Å². The fraction of sp³-hybridized carbons (Fsp3) is 0.435. The van der Waals surface area contributed by atoms with Gasteiger partial charge in [0.05, 0.1) is 5.75 Å². The second kappa shape index (κ2) is 9.29. The average molecular weight is 430 g/mol. The van der Waals surface area contributed by atoms with Gasteiger partial charge in [0.25, 0.3) is 5.91 Å². The van der Waals surface area contributed by atoms with Gasteiger partial charge in [0.15, 0.2) is 0 Å². The first-order valence-electron chi connectivity index (χ1n) is 10.3. The Bertz CT molecular complexity index is 949. The number of hydrogen-bond donors (Lipinski definition) is 1. The highest BCUT2D eigenvalue weighted by Crippen LogP contribution is 2.16. The Morgan fingerprint density at radius 1 is 0.933 bits per heavy atom. The Hall–Kier alpha value is -2.22. The molecule has 0 atom stereocenters. The molecule has 2 aromatic carbocycles. The quantitative estimate of drug-likeness (QED) is 0.734. The zero-order chi connectivity index (χ0) is 21.8. The summed E-state index contributed by atoms with van der Waals surface area (Å²) in [6.45, 7) is 6.53. The van der Waals surface area contributed by atoms with Gasteiger partial charge in [-0.15, -0.1) is 0 Å². The van der Waals surface area contributed by atoms with Crippen LogP contribution in [0.25, 0.3) is 0 Å². The van der Waals surface area contributed by atoms with Gasteiger partial charge in [-0.25, -0.2) is 8.42 Å². The van der Waals surface area contributed by atoms with Crippen molar-refractivity contribution in [3.05, 3.63) is 71.3 Å². The maximum Gasteiger partial charge on any atom is 0.251 e. The highest BCUT2D eigenvalue weighted by Gasteiger charge is 2.26. The predicted octanol–water partition coefficient (Wildman–Crippen LogP) is 2.51. The SMILES string of the molecule is CN1CCN(S(=O)(=O)Cc2ccc(C(=O)NC(C)(C)Cc3ccccc3)cc2)CC1. The lowest BCUT2D eigenvalue weighted by Crippen LogP contribution is -2.47. The van der Waals surface area contributed by atoms with Crippen LogP contribution in [0.15, 0.2) is 54.6 Å². The molecule has 0 aliphatic carbocycles. The van der Waals surface area contributed by atoms with E-state index in [1.807, 2.05) is 51.2 Å². The molecule has 3 rings (SSSR count). The molecule has 6 nitrogen and oxygen atoms in total. The molecule has 0 aromatic heterocycles. The molecular weight excluding hydrogens is 398 g/mol. The number of amides is 1. The first kappa shape index (κ1) is 22.5.